The van der Waals surface area contributed by atoms with Crippen LogP contribution in [0.25, 0.3) is 0 Å². The van der Waals surface area contributed by atoms with Crippen molar-refractivity contribution in [2.45, 2.75) is 25.0 Å². The molecule has 0 saturated carbocycles. The van der Waals surface area contributed by atoms with Gasteiger partial charge in [0.1, 0.15) is 0 Å². The molecule has 0 aliphatic carbocycles. The van der Waals surface area contributed by atoms with Crippen LogP contribution in [0.3, 0.4) is 0 Å². The predicted octanol–water partition coefficient (Wildman–Crippen LogP) is 1.83. The molecule has 0 aromatic heterocycles. The van der Waals surface area contributed by atoms with E-state index in [1.54, 1.807) is 0 Å². The topological polar surface area (TPSA) is 3.24 Å². The Hall–Kier alpha value is 0.310. The van der Waals surface area contributed by atoms with E-state index in [-0.39, 0.29) is 0 Å². The number of rotatable bonds is 3. The zero-order valence-electron chi connectivity index (χ0n) is 7.25. The van der Waals surface area contributed by atoms with Gasteiger partial charge in [-0.15, -0.1) is 0 Å². The van der Waals surface area contributed by atoms with Gasteiger partial charge in [0.2, 0.25) is 0 Å². The van der Waals surface area contributed by atoms with Crippen LogP contribution in [0.1, 0.15) is 19.8 Å². The van der Waals surface area contributed by atoms with E-state index < -0.39 is 0 Å². The van der Waals surface area contributed by atoms with Crippen molar-refractivity contribution in [1.82, 2.24) is 4.90 Å². The van der Waals surface area contributed by atoms with Gasteiger partial charge in [0.25, 0.3) is 0 Å². The summed E-state index contributed by atoms with van der Waals surface area (Å²) in [7, 11) is 0. The second kappa shape index (κ2) is 3.36. The second-order valence-electron chi connectivity index (χ2n) is 3.86. The fraction of sp³-hybridized carbons (Fsp3) is 1.00. The molecule has 0 amide bonds. The quantitative estimate of drug-likeness (QED) is 0.596. The third-order valence-corrected chi connectivity index (χ3v) is 3.92. The molecule has 2 aliphatic rings. The van der Waals surface area contributed by atoms with Gasteiger partial charge >= 0.3 is 0 Å². The fourth-order valence-corrected chi connectivity index (χ4v) is 2.73. The lowest BCUT2D eigenvalue weighted by atomic mass is 10.1. The smallest absolute Gasteiger partial charge is 0.0176 e. The van der Waals surface area contributed by atoms with Crippen molar-refractivity contribution in [3.05, 3.63) is 0 Å². The van der Waals surface area contributed by atoms with Crippen LogP contribution < -0.4 is 0 Å². The molecule has 2 unspecified atom stereocenters. The Morgan fingerprint density at radius 3 is 2.64 bits per heavy atom. The maximum absolute atomic E-state index is 2.63. The molecule has 2 fully saturated rings. The first kappa shape index (κ1) is 7.93. The third-order valence-electron chi connectivity index (χ3n) is 2.74. The number of nitrogens with zero attached hydrogens (tertiary/aromatic N) is 1. The van der Waals surface area contributed by atoms with Crippen LogP contribution in [0.5, 0.6) is 0 Å². The van der Waals surface area contributed by atoms with Crippen molar-refractivity contribution in [3.63, 3.8) is 0 Å². The van der Waals surface area contributed by atoms with E-state index in [1.807, 2.05) is 0 Å². The highest BCUT2D eigenvalue weighted by molar-refractivity contribution is 8.06. The van der Waals surface area contributed by atoms with Gasteiger partial charge in [0.05, 0.1) is 0 Å². The molecule has 0 aromatic carbocycles. The van der Waals surface area contributed by atoms with Crippen LogP contribution in [0.15, 0.2) is 0 Å². The standard InChI is InChI=1S/C9H17NS/c1-8(9-7-11-9)6-10-4-2-3-5-10/h8-9H,2-7H2,1H3. The number of hydrogen-bond acceptors (Lipinski definition) is 2. The average Bonchev–Trinajstić information content (AvgIpc) is 2.73. The van der Waals surface area contributed by atoms with Gasteiger partial charge in [-0.2, -0.15) is 11.8 Å². The van der Waals surface area contributed by atoms with E-state index in [0.29, 0.717) is 0 Å². The van der Waals surface area contributed by atoms with Crippen molar-refractivity contribution < 1.29 is 0 Å². The maximum atomic E-state index is 2.63. The van der Waals surface area contributed by atoms with Crippen LogP contribution in [0.2, 0.25) is 0 Å². The van der Waals surface area contributed by atoms with Gasteiger partial charge in [-0.25, -0.2) is 0 Å². The second-order valence-corrected chi connectivity index (χ2v) is 5.13. The minimum atomic E-state index is 0.943. The van der Waals surface area contributed by atoms with Crippen molar-refractivity contribution >= 4 is 11.8 Å². The van der Waals surface area contributed by atoms with E-state index in [2.05, 4.69) is 23.6 Å². The van der Waals surface area contributed by atoms with Gasteiger partial charge in [0.15, 0.2) is 0 Å². The zero-order valence-corrected chi connectivity index (χ0v) is 8.07. The minimum absolute atomic E-state index is 0.943. The summed E-state index contributed by atoms with van der Waals surface area (Å²) in [6.07, 6.45) is 2.87. The summed E-state index contributed by atoms with van der Waals surface area (Å²) >= 11 is 2.13. The molecule has 0 aromatic rings. The van der Waals surface area contributed by atoms with Crippen molar-refractivity contribution in [2.24, 2.45) is 5.92 Å². The molecule has 2 rings (SSSR count). The molecule has 0 bridgehead atoms. The summed E-state index contributed by atoms with van der Waals surface area (Å²) < 4.78 is 0. The van der Waals surface area contributed by atoms with Crippen molar-refractivity contribution in [3.8, 4) is 0 Å². The number of thioether (sulfide) groups is 1. The van der Waals surface area contributed by atoms with Crippen LogP contribution >= 0.6 is 11.8 Å². The SMILES string of the molecule is CC(CN1CCCC1)C1CS1. The highest BCUT2D eigenvalue weighted by Gasteiger charge is 2.30. The molecule has 2 aliphatic heterocycles. The monoisotopic (exact) mass is 171 g/mol. The van der Waals surface area contributed by atoms with Gasteiger partial charge in [0, 0.05) is 17.5 Å². The summed E-state index contributed by atoms with van der Waals surface area (Å²) in [5, 5.41) is 1.01. The molecular weight excluding hydrogens is 154 g/mol. The first-order chi connectivity index (χ1) is 5.36. The Labute approximate surface area is 73.5 Å². The van der Waals surface area contributed by atoms with E-state index >= 15 is 0 Å². The molecule has 1 nitrogen and oxygen atoms in total. The largest absolute Gasteiger partial charge is 0.303 e. The van der Waals surface area contributed by atoms with Crippen LogP contribution in [-0.4, -0.2) is 35.5 Å². The van der Waals surface area contributed by atoms with Gasteiger partial charge in [-0.05, 0) is 31.8 Å². The summed E-state index contributed by atoms with van der Waals surface area (Å²) in [6.45, 7) is 6.49. The first-order valence-corrected chi connectivity index (χ1v) is 5.75. The Morgan fingerprint density at radius 2 is 2.09 bits per heavy atom. The Morgan fingerprint density at radius 1 is 1.45 bits per heavy atom. The molecule has 0 radical (unpaired) electrons. The molecule has 2 atom stereocenters. The number of likely N-dealkylation sites (tertiary alicyclic amines) is 1. The molecule has 2 heteroatoms. The maximum Gasteiger partial charge on any atom is 0.0176 e. The highest BCUT2D eigenvalue weighted by Crippen LogP contribution is 2.37. The Balaban J connectivity index is 1.70. The molecule has 11 heavy (non-hydrogen) atoms. The molecular formula is C9H17NS. The minimum Gasteiger partial charge on any atom is -0.303 e. The van der Waals surface area contributed by atoms with Crippen LogP contribution in [-0.2, 0) is 0 Å². The normalized spacial score (nSPS) is 34.1. The highest BCUT2D eigenvalue weighted by atomic mass is 32.2. The van der Waals surface area contributed by atoms with E-state index in [1.165, 1.54) is 38.2 Å². The zero-order chi connectivity index (χ0) is 7.68. The Bertz CT molecular complexity index is 128. The van der Waals surface area contributed by atoms with Gasteiger partial charge in [-0.1, -0.05) is 6.92 Å². The molecule has 64 valence electrons. The van der Waals surface area contributed by atoms with Crippen molar-refractivity contribution in [2.75, 3.05) is 25.4 Å². The first-order valence-electron chi connectivity index (χ1n) is 4.70. The summed E-state index contributed by atoms with van der Waals surface area (Å²) in [5.74, 6) is 2.37. The lowest BCUT2D eigenvalue weighted by molar-refractivity contribution is 0.292. The third kappa shape index (κ3) is 2.12. The lowest BCUT2D eigenvalue weighted by Gasteiger charge is -2.18. The van der Waals surface area contributed by atoms with Gasteiger partial charge in [-0.3, -0.25) is 0 Å². The number of hydrogen-bond donors (Lipinski definition) is 0. The van der Waals surface area contributed by atoms with Gasteiger partial charge < -0.3 is 4.90 Å². The molecule has 2 saturated heterocycles. The van der Waals surface area contributed by atoms with Crippen LogP contribution in [0, 0.1) is 5.92 Å². The summed E-state index contributed by atoms with van der Waals surface area (Å²) in [5.41, 5.74) is 0. The fourth-order valence-electron chi connectivity index (χ4n) is 1.87. The lowest BCUT2D eigenvalue weighted by Crippen LogP contribution is -2.27. The van der Waals surface area contributed by atoms with E-state index in [0.717, 1.165) is 11.2 Å². The molecule has 0 N–H and O–H groups in total. The van der Waals surface area contributed by atoms with E-state index in [4.69, 9.17) is 0 Å². The molecule has 2 heterocycles. The Kier molecular flexibility index (Phi) is 2.42. The van der Waals surface area contributed by atoms with Crippen LogP contribution in [0.4, 0.5) is 0 Å². The summed E-state index contributed by atoms with van der Waals surface area (Å²) in [6, 6.07) is 0. The average molecular weight is 171 g/mol. The molecule has 0 spiro atoms. The van der Waals surface area contributed by atoms with Crippen molar-refractivity contribution in [1.29, 1.82) is 0 Å². The van der Waals surface area contributed by atoms with E-state index in [9.17, 15) is 0 Å². The predicted molar refractivity (Wildman–Crippen MR) is 51.1 cm³/mol. The summed E-state index contributed by atoms with van der Waals surface area (Å²) in [4.78, 5) is 2.63.